The number of carboxylic acid groups (broad SMARTS) is 1. The molecule has 4 rings (SSSR count). The van der Waals surface area contributed by atoms with Gasteiger partial charge in [-0.05, 0) is 47.4 Å². The van der Waals surface area contributed by atoms with Crippen LogP contribution in [0.5, 0.6) is 0 Å². The lowest BCUT2D eigenvalue weighted by Gasteiger charge is -2.35. The number of hydrogen-bond donors (Lipinski definition) is 3. The Kier molecular flexibility index (Phi) is 7.17. The normalized spacial score (nSPS) is 19.4. The first-order valence-electron chi connectivity index (χ1n) is 11.6. The zero-order valence-corrected chi connectivity index (χ0v) is 19.1. The van der Waals surface area contributed by atoms with Crippen molar-refractivity contribution in [1.29, 1.82) is 0 Å². The lowest BCUT2D eigenvalue weighted by molar-refractivity contribution is -0.138. The summed E-state index contributed by atoms with van der Waals surface area (Å²) < 4.78 is 5.53. The summed E-state index contributed by atoms with van der Waals surface area (Å²) >= 11 is 0. The van der Waals surface area contributed by atoms with Crippen molar-refractivity contribution in [2.24, 2.45) is 5.92 Å². The summed E-state index contributed by atoms with van der Waals surface area (Å²) in [5, 5.41) is 21.1. The highest BCUT2D eigenvalue weighted by Gasteiger charge is 2.33. The first kappa shape index (κ1) is 23.8. The fraction of sp³-hybridized carbons (Fsp3) is 0.423. The highest BCUT2D eigenvalue weighted by atomic mass is 16.5. The average Bonchev–Trinajstić information content (AvgIpc) is 3.12. The number of aliphatic carboxylic acids is 1. The molecular formula is C26H30N2O6. The first-order valence-corrected chi connectivity index (χ1v) is 11.6. The van der Waals surface area contributed by atoms with Crippen LogP contribution in [0.4, 0.5) is 4.79 Å². The van der Waals surface area contributed by atoms with Crippen molar-refractivity contribution in [3.05, 3.63) is 59.7 Å². The summed E-state index contributed by atoms with van der Waals surface area (Å²) in [6, 6.07) is 15.0. The van der Waals surface area contributed by atoms with E-state index in [0.717, 1.165) is 22.3 Å². The first-order chi connectivity index (χ1) is 16.3. The molecule has 0 spiro atoms. The highest BCUT2D eigenvalue weighted by Crippen LogP contribution is 2.44. The molecule has 180 valence electrons. The van der Waals surface area contributed by atoms with Crippen molar-refractivity contribution in [2.45, 2.75) is 43.7 Å². The Balaban J connectivity index is 1.39. The fourth-order valence-corrected chi connectivity index (χ4v) is 4.90. The van der Waals surface area contributed by atoms with E-state index >= 15 is 0 Å². The highest BCUT2D eigenvalue weighted by molar-refractivity contribution is 5.86. The van der Waals surface area contributed by atoms with Crippen LogP contribution in [-0.2, 0) is 14.3 Å². The van der Waals surface area contributed by atoms with Crippen LogP contribution in [0.1, 0.15) is 42.7 Å². The number of amides is 2. The van der Waals surface area contributed by atoms with Crippen LogP contribution >= 0.6 is 0 Å². The summed E-state index contributed by atoms with van der Waals surface area (Å²) in [5.74, 6) is -1.31. The molecule has 3 N–H and O–H groups in total. The smallest absolute Gasteiger partial charge is 0.407 e. The van der Waals surface area contributed by atoms with Gasteiger partial charge in [-0.25, -0.2) is 4.79 Å². The number of hydrogen-bond acceptors (Lipinski definition) is 5. The Morgan fingerprint density at radius 2 is 1.65 bits per heavy atom. The molecule has 0 bridgehead atoms. The summed E-state index contributed by atoms with van der Waals surface area (Å²) in [6.45, 7) is 0.557. The molecule has 34 heavy (non-hydrogen) atoms. The molecule has 1 fully saturated rings. The van der Waals surface area contributed by atoms with Crippen molar-refractivity contribution in [1.82, 2.24) is 10.2 Å². The number of nitrogens with zero attached hydrogens (tertiary/aromatic N) is 1. The monoisotopic (exact) mass is 466 g/mol. The third-order valence-electron chi connectivity index (χ3n) is 6.70. The molecule has 2 aliphatic rings. The molecule has 2 amide bonds. The number of alkyl carbamates (subject to hydrolysis) is 1. The number of benzene rings is 2. The summed E-state index contributed by atoms with van der Waals surface area (Å²) in [7, 11) is 1.63. The van der Waals surface area contributed by atoms with Crippen molar-refractivity contribution >= 4 is 18.0 Å². The predicted molar refractivity (Wildman–Crippen MR) is 125 cm³/mol. The molecule has 2 aromatic carbocycles. The zero-order chi connectivity index (χ0) is 24.2. The van der Waals surface area contributed by atoms with Gasteiger partial charge < -0.3 is 25.2 Å². The largest absolute Gasteiger partial charge is 0.481 e. The summed E-state index contributed by atoms with van der Waals surface area (Å²) in [5.41, 5.74) is 4.39. The van der Waals surface area contributed by atoms with Gasteiger partial charge in [0, 0.05) is 25.9 Å². The van der Waals surface area contributed by atoms with Gasteiger partial charge in [0.25, 0.3) is 0 Å². The van der Waals surface area contributed by atoms with Gasteiger partial charge in [0.15, 0.2) is 0 Å². The molecule has 0 saturated heterocycles. The van der Waals surface area contributed by atoms with Gasteiger partial charge in [0.2, 0.25) is 5.91 Å². The number of ether oxygens (including phenoxy) is 1. The van der Waals surface area contributed by atoms with Gasteiger partial charge in [0.1, 0.15) is 12.6 Å². The van der Waals surface area contributed by atoms with Crippen molar-refractivity contribution in [2.75, 3.05) is 20.2 Å². The Morgan fingerprint density at radius 1 is 1.06 bits per heavy atom. The van der Waals surface area contributed by atoms with Crippen LogP contribution in [0.15, 0.2) is 48.5 Å². The van der Waals surface area contributed by atoms with Gasteiger partial charge in [0.05, 0.1) is 6.10 Å². The molecule has 2 aliphatic carbocycles. The van der Waals surface area contributed by atoms with E-state index in [9.17, 15) is 19.5 Å². The molecule has 8 heteroatoms. The van der Waals surface area contributed by atoms with Gasteiger partial charge >= 0.3 is 12.1 Å². The molecule has 1 saturated carbocycles. The topological polar surface area (TPSA) is 116 Å². The molecule has 8 nitrogen and oxygen atoms in total. The van der Waals surface area contributed by atoms with Crippen LogP contribution in [0.25, 0.3) is 11.1 Å². The van der Waals surface area contributed by atoms with Crippen molar-refractivity contribution in [3.63, 3.8) is 0 Å². The van der Waals surface area contributed by atoms with Gasteiger partial charge in [-0.3, -0.25) is 9.59 Å². The lowest BCUT2D eigenvalue weighted by atomic mass is 9.82. The summed E-state index contributed by atoms with van der Waals surface area (Å²) in [6.07, 6.45) is -0.0890. The molecule has 1 atom stereocenters. The molecule has 0 radical (unpaired) electrons. The fourth-order valence-electron chi connectivity index (χ4n) is 4.90. The number of aliphatic hydroxyl groups excluding tert-OH is 1. The van der Waals surface area contributed by atoms with E-state index in [1.807, 2.05) is 48.5 Å². The Labute approximate surface area is 198 Å². The minimum Gasteiger partial charge on any atom is -0.481 e. The number of carbonyl (C=O) groups is 3. The van der Waals surface area contributed by atoms with E-state index < -0.39 is 18.1 Å². The maximum absolute atomic E-state index is 12.9. The Morgan fingerprint density at radius 3 is 2.21 bits per heavy atom. The lowest BCUT2D eigenvalue weighted by Crippen LogP contribution is -2.50. The van der Waals surface area contributed by atoms with Crippen LogP contribution in [0.3, 0.4) is 0 Å². The Hall–Kier alpha value is -3.39. The second-order valence-electron chi connectivity index (χ2n) is 9.16. The second-order valence-corrected chi connectivity index (χ2v) is 9.16. The maximum Gasteiger partial charge on any atom is 0.407 e. The number of nitrogens with one attached hydrogen (secondary N) is 1. The standard InChI is InChI=1S/C26H30N2O6/c1-28(14-16-12-17(29)13-16)25(32)23(10-11-24(30)31)27-26(33)34-15-22-20-8-4-2-6-18(20)19-7-3-5-9-21(19)22/h2-9,16-17,22-23,29H,10-15H2,1H3,(H,27,33)(H,30,31). The quantitative estimate of drug-likeness (QED) is 0.523. The van der Waals surface area contributed by atoms with Crippen LogP contribution in [0, 0.1) is 5.92 Å². The number of likely N-dealkylation sites (N-methyl/N-ethyl adjacent to an activating group) is 1. The Bertz CT molecular complexity index is 1020. The van der Waals surface area contributed by atoms with E-state index in [1.54, 1.807) is 7.05 Å². The van der Waals surface area contributed by atoms with Gasteiger partial charge in [-0.1, -0.05) is 48.5 Å². The van der Waals surface area contributed by atoms with E-state index in [4.69, 9.17) is 9.84 Å². The van der Waals surface area contributed by atoms with Gasteiger partial charge in [-0.2, -0.15) is 0 Å². The molecule has 2 aromatic rings. The third-order valence-corrected chi connectivity index (χ3v) is 6.70. The average molecular weight is 467 g/mol. The molecule has 0 aromatic heterocycles. The predicted octanol–water partition coefficient (Wildman–Crippen LogP) is 2.99. The summed E-state index contributed by atoms with van der Waals surface area (Å²) in [4.78, 5) is 38.2. The van der Waals surface area contributed by atoms with Crippen LogP contribution in [0.2, 0.25) is 0 Å². The van der Waals surface area contributed by atoms with E-state index in [0.29, 0.717) is 19.4 Å². The SMILES string of the molecule is CN(CC1CC(O)C1)C(=O)C(CCC(=O)O)NC(=O)OCC1c2ccccc2-c2ccccc21. The molecule has 1 unspecified atom stereocenters. The van der Waals surface area contributed by atoms with E-state index in [1.165, 1.54) is 4.90 Å². The number of carboxylic acids is 1. The zero-order valence-electron chi connectivity index (χ0n) is 19.1. The van der Waals surface area contributed by atoms with Crippen LogP contribution in [-0.4, -0.2) is 65.4 Å². The van der Waals surface area contributed by atoms with E-state index in [2.05, 4.69) is 5.32 Å². The number of aliphatic hydroxyl groups is 1. The molecule has 0 heterocycles. The van der Waals surface area contributed by atoms with Crippen LogP contribution < -0.4 is 5.32 Å². The van der Waals surface area contributed by atoms with Crippen molar-refractivity contribution in [3.8, 4) is 11.1 Å². The third kappa shape index (κ3) is 5.22. The second kappa shape index (κ2) is 10.3. The number of fused-ring (bicyclic) bond motifs is 3. The van der Waals surface area contributed by atoms with Crippen molar-refractivity contribution < 1.29 is 29.3 Å². The minimum atomic E-state index is -1.04. The number of rotatable bonds is 9. The number of carbonyl (C=O) groups excluding carboxylic acids is 2. The molecule has 0 aliphatic heterocycles. The van der Waals surface area contributed by atoms with E-state index in [-0.39, 0.29) is 43.3 Å². The maximum atomic E-state index is 12.9. The molecular weight excluding hydrogens is 436 g/mol. The van der Waals surface area contributed by atoms with Gasteiger partial charge in [-0.15, -0.1) is 0 Å². The minimum absolute atomic E-state index is 0.0318.